The molecule has 1 aliphatic rings. The van der Waals surface area contributed by atoms with Crippen LogP contribution in [0.2, 0.25) is 0 Å². The fourth-order valence-corrected chi connectivity index (χ4v) is 4.42. The van der Waals surface area contributed by atoms with E-state index in [9.17, 15) is 14.4 Å². The summed E-state index contributed by atoms with van der Waals surface area (Å²) < 4.78 is 15.1. The van der Waals surface area contributed by atoms with Gasteiger partial charge in [-0.05, 0) is 30.3 Å². The van der Waals surface area contributed by atoms with Crippen molar-refractivity contribution >= 4 is 23.4 Å². The monoisotopic (exact) mass is 511 g/mol. The maximum atomic E-state index is 15.1. The van der Waals surface area contributed by atoms with Gasteiger partial charge in [-0.25, -0.2) is 4.39 Å². The van der Waals surface area contributed by atoms with Crippen molar-refractivity contribution in [1.82, 2.24) is 15.1 Å². The summed E-state index contributed by atoms with van der Waals surface area (Å²) in [4.78, 5) is 42.2. The molecular formula is C28H38FN5O3. The number of nitrogens with zero attached hydrogens (tertiary/aromatic N) is 2. The lowest BCUT2D eigenvalue weighted by molar-refractivity contribution is -0.138. The highest BCUT2D eigenvalue weighted by Crippen LogP contribution is 2.26. The number of anilines is 1. The van der Waals surface area contributed by atoms with Gasteiger partial charge in [-0.15, -0.1) is 0 Å². The lowest BCUT2D eigenvalue weighted by Gasteiger charge is -2.36. The second-order valence-electron chi connectivity index (χ2n) is 9.77. The van der Waals surface area contributed by atoms with Crippen LogP contribution in [-0.4, -0.2) is 72.8 Å². The van der Waals surface area contributed by atoms with Gasteiger partial charge < -0.3 is 26.2 Å². The molecule has 8 nitrogen and oxygen atoms in total. The van der Waals surface area contributed by atoms with E-state index < -0.39 is 29.7 Å². The lowest BCUT2D eigenvalue weighted by Crippen LogP contribution is -2.55. The molecule has 0 spiro atoms. The number of hydrogen-bond acceptors (Lipinski definition) is 5. The largest absolute Gasteiger partial charge is 0.344 e. The van der Waals surface area contributed by atoms with Crippen LogP contribution in [0, 0.1) is 5.82 Å². The molecule has 9 heteroatoms. The summed E-state index contributed by atoms with van der Waals surface area (Å²) in [6.07, 6.45) is 0.236. The number of nitrogens with one attached hydrogen (secondary N) is 2. The summed E-state index contributed by atoms with van der Waals surface area (Å²) in [6, 6.07) is 12.2. The number of likely N-dealkylation sites (N-methyl/N-ethyl adjacent to an activating group) is 1. The van der Waals surface area contributed by atoms with Crippen molar-refractivity contribution < 1.29 is 18.8 Å². The van der Waals surface area contributed by atoms with Crippen LogP contribution in [0.25, 0.3) is 0 Å². The SMILES string of the molecule is CCC(=O)N[C@@H](C(=O)N1CCN(C)CC1)[C@@H](C)c1ccc(NC(=O)[C@@H](N)[C@@H](C)c2ccccc2)c(F)c1. The number of benzene rings is 2. The number of carbonyl (C=O) groups is 3. The minimum atomic E-state index is -0.866. The Morgan fingerprint density at radius 3 is 2.22 bits per heavy atom. The Kier molecular flexibility index (Phi) is 9.77. The van der Waals surface area contributed by atoms with Crippen LogP contribution in [0.15, 0.2) is 48.5 Å². The summed E-state index contributed by atoms with van der Waals surface area (Å²) in [5, 5.41) is 5.42. The zero-order valence-corrected chi connectivity index (χ0v) is 22.0. The number of nitrogens with two attached hydrogens (primary N) is 1. The number of piperazine rings is 1. The van der Waals surface area contributed by atoms with Crippen LogP contribution in [0.4, 0.5) is 10.1 Å². The fourth-order valence-electron chi connectivity index (χ4n) is 4.42. The molecule has 0 bridgehead atoms. The molecule has 2 aromatic carbocycles. The van der Waals surface area contributed by atoms with E-state index in [0.717, 1.165) is 18.7 Å². The summed E-state index contributed by atoms with van der Waals surface area (Å²) in [7, 11) is 2.00. The van der Waals surface area contributed by atoms with Crippen LogP contribution < -0.4 is 16.4 Å². The van der Waals surface area contributed by atoms with E-state index in [1.807, 2.05) is 44.3 Å². The number of halogens is 1. The van der Waals surface area contributed by atoms with Crippen LogP contribution in [-0.2, 0) is 14.4 Å². The van der Waals surface area contributed by atoms with E-state index in [1.54, 1.807) is 24.8 Å². The Balaban J connectivity index is 1.74. The number of amides is 3. The van der Waals surface area contributed by atoms with Crippen LogP contribution >= 0.6 is 0 Å². The molecule has 2 aromatic rings. The third-order valence-corrected chi connectivity index (χ3v) is 7.16. The Morgan fingerprint density at radius 2 is 1.62 bits per heavy atom. The van der Waals surface area contributed by atoms with Crippen molar-refractivity contribution in [2.75, 3.05) is 38.5 Å². The van der Waals surface area contributed by atoms with Gasteiger partial charge in [-0.3, -0.25) is 14.4 Å². The zero-order chi connectivity index (χ0) is 27.1. The lowest BCUT2D eigenvalue weighted by atomic mass is 9.91. The standard InChI is InChI=1S/C28H38FN5O3/c1-5-24(35)32-26(28(37)34-15-13-33(4)14-16-34)19(3)21-11-12-23(22(29)17-21)31-27(36)25(30)18(2)20-9-7-6-8-10-20/h6-12,17-19,25-26H,5,13-16,30H2,1-4H3,(H,31,36)(H,32,35)/t18-,19-,25-,26+/m0/s1. The third kappa shape index (κ3) is 7.14. The molecule has 1 fully saturated rings. The van der Waals surface area contributed by atoms with Gasteiger partial charge >= 0.3 is 0 Å². The summed E-state index contributed by atoms with van der Waals surface area (Å²) in [5.41, 5.74) is 7.63. The molecule has 4 N–H and O–H groups in total. The fraction of sp³-hybridized carbons (Fsp3) is 0.464. The molecule has 3 amide bonds. The van der Waals surface area contributed by atoms with Crippen molar-refractivity contribution in [3.05, 3.63) is 65.5 Å². The van der Waals surface area contributed by atoms with E-state index >= 15 is 4.39 Å². The van der Waals surface area contributed by atoms with Crippen LogP contribution in [0.1, 0.15) is 50.2 Å². The van der Waals surface area contributed by atoms with Gasteiger partial charge in [-0.1, -0.05) is 57.2 Å². The van der Waals surface area contributed by atoms with Crippen LogP contribution in [0.5, 0.6) is 0 Å². The molecule has 200 valence electrons. The Hall–Kier alpha value is -3.30. The summed E-state index contributed by atoms with van der Waals surface area (Å²) in [5.74, 6) is -2.29. The van der Waals surface area contributed by atoms with Crippen LogP contribution in [0.3, 0.4) is 0 Å². The molecule has 0 aliphatic carbocycles. The smallest absolute Gasteiger partial charge is 0.245 e. The van der Waals surface area contributed by atoms with Crippen molar-refractivity contribution in [3.63, 3.8) is 0 Å². The van der Waals surface area contributed by atoms with Crippen molar-refractivity contribution in [2.45, 2.75) is 51.1 Å². The predicted molar refractivity (Wildman–Crippen MR) is 143 cm³/mol. The Bertz CT molecular complexity index is 1090. The molecule has 37 heavy (non-hydrogen) atoms. The number of rotatable bonds is 9. The van der Waals surface area contributed by atoms with Gasteiger partial charge in [0.25, 0.3) is 0 Å². The highest BCUT2D eigenvalue weighted by Gasteiger charge is 2.33. The average molecular weight is 512 g/mol. The van der Waals surface area contributed by atoms with E-state index in [2.05, 4.69) is 15.5 Å². The molecule has 1 heterocycles. The van der Waals surface area contributed by atoms with Gasteiger partial charge in [0.15, 0.2) is 0 Å². The first kappa shape index (κ1) is 28.3. The molecule has 0 radical (unpaired) electrons. The topological polar surface area (TPSA) is 108 Å². The van der Waals surface area contributed by atoms with Gasteiger partial charge in [-0.2, -0.15) is 0 Å². The highest BCUT2D eigenvalue weighted by molar-refractivity contribution is 5.95. The first-order valence-electron chi connectivity index (χ1n) is 12.8. The summed E-state index contributed by atoms with van der Waals surface area (Å²) in [6.45, 7) is 8.01. The Labute approximate surface area is 218 Å². The Morgan fingerprint density at radius 1 is 0.973 bits per heavy atom. The van der Waals surface area contributed by atoms with E-state index in [-0.39, 0.29) is 29.8 Å². The predicted octanol–water partition coefficient (Wildman–Crippen LogP) is 2.67. The molecule has 0 saturated carbocycles. The van der Waals surface area contributed by atoms with Gasteiger partial charge in [0, 0.05) is 44.4 Å². The first-order valence-corrected chi connectivity index (χ1v) is 12.8. The van der Waals surface area contributed by atoms with E-state index in [0.29, 0.717) is 18.7 Å². The molecule has 1 saturated heterocycles. The second-order valence-corrected chi connectivity index (χ2v) is 9.77. The second kappa shape index (κ2) is 12.8. The van der Waals surface area contributed by atoms with Gasteiger partial charge in [0.05, 0.1) is 11.7 Å². The van der Waals surface area contributed by atoms with Crippen molar-refractivity contribution in [1.29, 1.82) is 0 Å². The first-order chi connectivity index (χ1) is 17.6. The van der Waals surface area contributed by atoms with Crippen molar-refractivity contribution in [2.24, 2.45) is 5.73 Å². The average Bonchev–Trinajstić information content (AvgIpc) is 2.91. The quantitative estimate of drug-likeness (QED) is 0.480. The maximum Gasteiger partial charge on any atom is 0.245 e. The minimum absolute atomic E-state index is 0.0104. The number of carbonyl (C=O) groups excluding carboxylic acids is 3. The van der Waals surface area contributed by atoms with E-state index in [4.69, 9.17) is 5.73 Å². The third-order valence-electron chi connectivity index (χ3n) is 7.16. The molecule has 1 aliphatic heterocycles. The molecular weight excluding hydrogens is 473 g/mol. The summed E-state index contributed by atoms with van der Waals surface area (Å²) >= 11 is 0. The van der Waals surface area contributed by atoms with Crippen molar-refractivity contribution in [3.8, 4) is 0 Å². The molecule has 4 atom stereocenters. The molecule has 0 unspecified atom stereocenters. The minimum Gasteiger partial charge on any atom is -0.344 e. The zero-order valence-electron chi connectivity index (χ0n) is 22.0. The maximum absolute atomic E-state index is 15.1. The van der Waals surface area contributed by atoms with E-state index in [1.165, 1.54) is 12.1 Å². The normalized spacial score (nSPS) is 17.4. The van der Waals surface area contributed by atoms with Gasteiger partial charge in [0.2, 0.25) is 17.7 Å². The van der Waals surface area contributed by atoms with Gasteiger partial charge in [0.1, 0.15) is 11.9 Å². The molecule has 0 aromatic heterocycles. The number of hydrogen-bond donors (Lipinski definition) is 3. The molecule has 3 rings (SSSR count). The highest BCUT2D eigenvalue weighted by atomic mass is 19.1.